The van der Waals surface area contributed by atoms with Gasteiger partial charge < -0.3 is 9.64 Å². The second-order valence-corrected chi connectivity index (χ2v) is 5.61. The third-order valence-corrected chi connectivity index (χ3v) is 4.34. The molecule has 1 aromatic carbocycles. The van der Waals surface area contributed by atoms with Crippen molar-refractivity contribution in [3.63, 3.8) is 0 Å². The van der Waals surface area contributed by atoms with Crippen molar-refractivity contribution in [3.05, 3.63) is 27.7 Å². The van der Waals surface area contributed by atoms with Gasteiger partial charge in [-0.05, 0) is 38.3 Å². The maximum Gasteiger partial charge on any atom is 0.379 e. The minimum Gasteiger partial charge on any atom is -0.460 e. The van der Waals surface area contributed by atoms with E-state index in [1.165, 1.54) is 12.5 Å². The van der Waals surface area contributed by atoms with Crippen molar-refractivity contribution in [2.45, 2.75) is 26.2 Å². The highest BCUT2D eigenvalue weighted by atomic mass is 35.5. The monoisotopic (exact) mass is 329 g/mol. The fourth-order valence-corrected chi connectivity index (χ4v) is 2.93. The van der Waals surface area contributed by atoms with Crippen molar-refractivity contribution < 1.29 is 14.3 Å². The van der Waals surface area contributed by atoms with Crippen LogP contribution in [0.3, 0.4) is 0 Å². The van der Waals surface area contributed by atoms with Crippen LogP contribution in [0.25, 0.3) is 0 Å². The zero-order valence-electron chi connectivity index (χ0n) is 11.8. The highest BCUT2D eigenvalue weighted by Gasteiger charge is 2.24. The molecule has 0 saturated carbocycles. The summed E-state index contributed by atoms with van der Waals surface area (Å²) in [6.45, 7) is 3.61. The minimum absolute atomic E-state index is 0.0841. The molecule has 1 heterocycles. The molecule has 0 atom stereocenters. The summed E-state index contributed by atoms with van der Waals surface area (Å²) in [5.74, 6) is -1.69. The zero-order valence-corrected chi connectivity index (χ0v) is 13.3. The number of esters is 1. The molecule has 1 aliphatic heterocycles. The molecule has 6 heteroatoms. The zero-order chi connectivity index (χ0) is 15.4. The van der Waals surface area contributed by atoms with Gasteiger partial charge in [-0.25, -0.2) is 4.79 Å². The molecule has 1 aliphatic rings. The lowest BCUT2D eigenvalue weighted by Gasteiger charge is -2.30. The summed E-state index contributed by atoms with van der Waals surface area (Å²) >= 11 is 12.4. The molecule has 0 spiro atoms. The van der Waals surface area contributed by atoms with E-state index in [2.05, 4.69) is 4.90 Å². The van der Waals surface area contributed by atoms with Crippen LogP contribution in [0.4, 0.5) is 5.69 Å². The number of hydrogen-bond donors (Lipinski definition) is 0. The minimum atomic E-state index is -0.916. The van der Waals surface area contributed by atoms with Crippen LogP contribution in [-0.4, -0.2) is 31.4 Å². The molecule has 0 amide bonds. The Morgan fingerprint density at radius 3 is 2.43 bits per heavy atom. The maximum absolute atomic E-state index is 12.0. The summed E-state index contributed by atoms with van der Waals surface area (Å²) in [6.07, 6.45) is 3.43. The first-order valence-corrected chi connectivity index (χ1v) is 7.76. The molecule has 0 unspecified atom stereocenters. The van der Waals surface area contributed by atoms with Gasteiger partial charge in [-0.15, -0.1) is 0 Å². The topological polar surface area (TPSA) is 46.6 Å². The molecule has 0 bridgehead atoms. The van der Waals surface area contributed by atoms with Gasteiger partial charge in [0, 0.05) is 18.7 Å². The van der Waals surface area contributed by atoms with Gasteiger partial charge in [0.25, 0.3) is 5.78 Å². The van der Waals surface area contributed by atoms with Crippen LogP contribution < -0.4 is 4.90 Å². The van der Waals surface area contributed by atoms with Gasteiger partial charge in [0.1, 0.15) is 0 Å². The van der Waals surface area contributed by atoms with Crippen molar-refractivity contribution in [1.82, 2.24) is 0 Å². The largest absolute Gasteiger partial charge is 0.460 e. The number of hydrogen-bond acceptors (Lipinski definition) is 4. The predicted octanol–water partition coefficient (Wildman–Crippen LogP) is 3.73. The van der Waals surface area contributed by atoms with E-state index in [1.807, 2.05) is 0 Å². The van der Waals surface area contributed by atoms with Gasteiger partial charge in [0.05, 0.1) is 22.3 Å². The van der Waals surface area contributed by atoms with E-state index in [-0.39, 0.29) is 17.2 Å². The van der Waals surface area contributed by atoms with Gasteiger partial charge in [-0.1, -0.05) is 23.2 Å². The maximum atomic E-state index is 12.0. The summed E-state index contributed by atoms with van der Waals surface area (Å²) < 4.78 is 4.70. The van der Waals surface area contributed by atoms with Crippen LogP contribution >= 0.6 is 23.2 Å². The molecule has 0 aliphatic carbocycles. The van der Waals surface area contributed by atoms with Crippen LogP contribution in [0, 0.1) is 0 Å². The fourth-order valence-electron chi connectivity index (χ4n) is 2.40. The van der Waals surface area contributed by atoms with Crippen molar-refractivity contribution >= 4 is 40.6 Å². The second-order valence-electron chi connectivity index (χ2n) is 4.86. The number of carbonyl (C=O) groups is 2. The quantitative estimate of drug-likeness (QED) is 0.479. The van der Waals surface area contributed by atoms with E-state index in [1.54, 1.807) is 13.0 Å². The Kier molecular flexibility index (Phi) is 5.48. The average molecular weight is 330 g/mol. The van der Waals surface area contributed by atoms with Crippen LogP contribution in [-0.2, 0) is 9.53 Å². The summed E-state index contributed by atoms with van der Waals surface area (Å²) in [4.78, 5) is 25.6. The van der Waals surface area contributed by atoms with E-state index < -0.39 is 11.8 Å². The molecular weight excluding hydrogens is 313 g/mol. The van der Waals surface area contributed by atoms with Crippen LogP contribution in [0.5, 0.6) is 0 Å². The van der Waals surface area contributed by atoms with Gasteiger partial charge in [-0.2, -0.15) is 0 Å². The summed E-state index contributed by atoms with van der Waals surface area (Å²) in [5.41, 5.74) is 0.891. The number of rotatable bonds is 4. The Bertz CT molecular complexity index is 554. The summed E-state index contributed by atoms with van der Waals surface area (Å²) in [7, 11) is 0. The SMILES string of the molecule is CCOC(=O)C(=O)c1ccc(N2CCCCC2)c(Cl)c1Cl. The number of halogens is 2. The van der Waals surface area contributed by atoms with Crippen LogP contribution in [0.1, 0.15) is 36.5 Å². The highest BCUT2D eigenvalue weighted by Crippen LogP contribution is 2.36. The van der Waals surface area contributed by atoms with E-state index in [0.29, 0.717) is 5.02 Å². The molecule has 0 radical (unpaired) electrons. The Morgan fingerprint density at radius 2 is 1.81 bits per heavy atom. The first kappa shape index (κ1) is 16.1. The number of ketones is 1. The summed E-state index contributed by atoms with van der Waals surface area (Å²) in [5, 5.41) is 0.423. The van der Waals surface area contributed by atoms with Crippen molar-refractivity contribution in [2.75, 3.05) is 24.6 Å². The number of ether oxygens (including phenoxy) is 1. The third-order valence-electron chi connectivity index (χ3n) is 3.46. The summed E-state index contributed by atoms with van der Waals surface area (Å²) in [6, 6.07) is 3.28. The lowest BCUT2D eigenvalue weighted by Crippen LogP contribution is -2.29. The molecule has 2 rings (SSSR count). The second kappa shape index (κ2) is 7.14. The van der Waals surface area contributed by atoms with Gasteiger partial charge >= 0.3 is 5.97 Å². The van der Waals surface area contributed by atoms with E-state index >= 15 is 0 Å². The number of nitrogens with zero attached hydrogens (tertiary/aromatic N) is 1. The first-order valence-electron chi connectivity index (χ1n) is 7.00. The van der Waals surface area contributed by atoms with Crippen molar-refractivity contribution in [3.8, 4) is 0 Å². The molecule has 0 N–H and O–H groups in total. The molecule has 21 heavy (non-hydrogen) atoms. The molecular formula is C15H17Cl2NO3. The fraction of sp³-hybridized carbons (Fsp3) is 0.467. The van der Waals surface area contributed by atoms with Gasteiger partial charge in [0.15, 0.2) is 0 Å². The smallest absolute Gasteiger partial charge is 0.379 e. The molecule has 4 nitrogen and oxygen atoms in total. The highest BCUT2D eigenvalue weighted by molar-refractivity contribution is 6.50. The molecule has 1 saturated heterocycles. The number of Topliss-reactive ketones (excluding diaryl/α,β-unsaturated/α-hetero) is 1. The Morgan fingerprint density at radius 1 is 1.14 bits per heavy atom. The van der Waals surface area contributed by atoms with E-state index in [4.69, 9.17) is 27.9 Å². The first-order chi connectivity index (χ1) is 10.1. The lowest BCUT2D eigenvalue weighted by molar-refractivity contribution is -0.137. The van der Waals surface area contributed by atoms with Gasteiger partial charge in [0.2, 0.25) is 0 Å². The molecule has 0 aromatic heterocycles. The van der Waals surface area contributed by atoms with Crippen LogP contribution in [0.2, 0.25) is 10.0 Å². The normalized spacial score (nSPS) is 14.9. The number of anilines is 1. The van der Waals surface area contributed by atoms with E-state index in [0.717, 1.165) is 31.6 Å². The molecule has 1 aromatic rings. The Balaban J connectivity index is 2.28. The lowest BCUT2D eigenvalue weighted by atomic mass is 10.1. The van der Waals surface area contributed by atoms with Gasteiger partial charge in [-0.3, -0.25) is 4.79 Å². The van der Waals surface area contributed by atoms with E-state index in [9.17, 15) is 9.59 Å². The average Bonchev–Trinajstić information content (AvgIpc) is 2.50. The number of carbonyl (C=O) groups excluding carboxylic acids is 2. The molecule has 114 valence electrons. The number of piperidine rings is 1. The van der Waals surface area contributed by atoms with Crippen molar-refractivity contribution in [1.29, 1.82) is 0 Å². The predicted molar refractivity (Wildman–Crippen MR) is 83.5 cm³/mol. The van der Waals surface area contributed by atoms with Crippen molar-refractivity contribution in [2.24, 2.45) is 0 Å². The Hall–Kier alpha value is -1.26. The van der Waals surface area contributed by atoms with Crippen LogP contribution in [0.15, 0.2) is 12.1 Å². The standard InChI is InChI=1S/C15H17Cl2NO3/c1-2-21-15(20)14(19)10-6-7-11(13(17)12(10)16)18-8-4-3-5-9-18/h6-7H,2-5,8-9H2,1H3. The Labute approximate surface area is 134 Å². The molecule has 1 fully saturated rings. The third kappa shape index (κ3) is 3.50. The number of benzene rings is 1.